The van der Waals surface area contributed by atoms with Crippen LogP contribution in [-0.4, -0.2) is 19.3 Å². The second kappa shape index (κ2) is 4.00. The molecule has 0 aromatic heterocycles. The number of phenolic OH excluding ortho intramolecular Hbond substituents is 1. The molecule has 4 heteroatoms. The van der Waals surface area contributed by atoms with Crippen LogP contribution in [0.2, 0.25) is 0 Å². The van der Waals surface area contributed by atoms with Crippen LogP contribution in [0, 0.1) is 0 Å². The normalized spacial score (nSPS) is 9.77. The Bertz CT molecular complexity index is 299. The maximum Gasteiger partial charge on any atom is 0.168 e. The molecule has 0 saturated carbocycles. The van der Waals surface area contributed by atoms with Crippen LogP contribution >= 0.6 is 0 Å². The summed E-state index contributed by atoms with van der Waals surface area (Å²) in [7, 11) is 3.03. The Morgan fingerprint density at radius 2 is 2.00 bits per heavy atom. The molecule has 0 fully saturated rings. The van der Waals surface area contributed by atoms with E-state index in [9.17, 15) is 5.11 Å². The van der Waals surface area contributed by atoms with Crippen LogP contribution < -0.4 is 15.2 Å². The van der Waals surface area contributed by atoms with Crippen LogP contribution in [0.1, 0.15) is 5.56 Å². The van der Waals surface area contributed by atoms with Crippen LogP contribution in [0.25, 0.3) is 0 Å². The fraction of sp³-hybridized carbons (Fsp3) is 0.333. The lowest BCUT2D eigenvalue weighted by molar-refractivity contribution is 0.357. The minimum Gasteiger partial charge on any atom is -0.504 e. The summed E-state index contributed by atoms with van der Waals surface area (Å²) in [6, 6.07) is 3.16. The van der Waals surface area contributed by atoms with Gasteiger partial charge in [-0.1, -0.05) is 0 Å². The van der Waals surface area contributed by atoms with E-state index in [1.807, 2.05) is 0 Å². The van der Waals surface area contributed by atoms with Gasteiger partial charge >= 0.3 is 0 Å². The zero-order valence-electron chi connectivity index (χ0n) is 7.70. The number of rotatable bonds is 3. The molecule has 0 aliphatic carbocycles. The first kappa shape index (κ1) is 9.67. The Labute approximate surface area is 76.9 Å². The SMILES string of the molecule is COc1ccc(O)c(OC)c1CN. The van der Waals surface area contributed by atoms with Gasteiger partial charge in [0, 0.05) is 6.54 Å². The molecule has 0 amide bonds. The van der Waals surface area contributed by atoms with Gasteiger partial charge in [0.05, 0.1) is 19.8 Å². The van der Waals surface area contributed by atoms with E-state index in [4.69, 9.17) is 15.2 Å². The van der Waals surface area contributed by atoms with Crippen LogP contribution in [0.4, 0.5) is 0 Å². The van der Waals surface area contributed by atoms with Gasteiger partial charge < -0.3 is 20.3 Å². The summed E-state index contributed by atoms with van der Waals surface area (Å²) in [5, 5.41) is 9.41. The molecule has 0 radical (unpaired) electrons. The van der Waals surface area contributed by atoms with Crippen LogP contribution in [-0.2, 0) is 6.54 Å². The molecule has 0 heterocycles. The highest BCUT2D eigenvalue weighted by Gasteiger charge is 2.12. The number of hydrogen-bond acceptors (Lipinski definition) is 4. The molecule has 0 unspecified atom stereocenters. The van der Waals surface area contributed by atoms with Crippen molar-refractivity contribution in [1.29, 1.82) is 0 Å². The average Bonchev–Trinajstić information content (AvgIpc) is 2.17. The highest BCUT2D eigenvalue weighted by molar-refractivity contribution is 5.53. The van der Waals surface area contributed by atoms with E-state index in [2.05, 4.69) is 0 Å². The van der Waals surface area contributed by atoms with E-state index in [1.54, 1.807) is 13.2 Å². The molecule has 13 heavy (non-hydrogen) atoms. The summed E-state index contributed by atoms with van der Waals surface area (Å²) < 4.78 is 10.1. The summed E-state index contributed by atoms with van der Waals surface area (Å²) in [6.07, 6.45) is 0. The van der Waals surface area contributed by atoms with Crippen molar-refractivity contribution in [2.24, 2.45) is 5.73 Å². The summed E-state index contributed by atoms with van der Waals surface area (Å²) in [5.41, 5.74) is 6.17. The summed E-state index contributed by atoms with van der Waals surface area (Å²) in [5.74, 6) is 1.07. The van der Waals surface area contributed by atoms with Gasteiger partial charge in [-0.15, -0.1) is 0 Å². The highest BCUT2D eigenvalue weighted by Crippen LogP contribution is 2.35. The lowest BCUT2D eigenvalue weighted by Crippen LogP contribution is -2.02. The Kier molecular flexibility index (Phi) is 2.97. The van der Waals surface area contributed by atoms with Crippen molar-refractivity contribution >= 4 is 0 Å². The quantitative estimate of drug-likeness (QED) is 0.729. The van der Waals surface area contributed by atoms with Crippen molar-refractivity contribution in [2.75, 3.05) is 14.2 Å². The molecule has 0 spiro atoms. The number of nitrogens with two attached hydrogens (primary N) is 1. The fourth-order valence-corrected chi connectivity index (χ4v) is 1.21. The van der Waals surface area contributed by atoms with Gasteiger partial charge in [-0.2, -0.15) is 0 Å². The minimum absolute atomic E-state index is 0.0729. The number of phenols is 1. The number of benzene rings is 1. The van der Waals surface area contributed by atoms with Crippen molar-refractivity contribution < 1.29 is 14.6 Å². The molecular weight excluding hydrogens is 170 g/mol. The van der Waals surface area contributed by atoms with Gasteiger partial charge in [0.15, 0.2) is 11.5 Å². The monoisotopic (exact) mass is 183 g/mol. The van der Waals surface area contributed by atoms with Crippen LogP contribution in [0.15, 0.2) is 12.1 Å². The van der Waals surface area contributed by atoms with E-state index < -0.39 is 0 Å². The van der Waals surface area contributed by atoms with E-state index in [-0.39, 0.29) is 12.3 Å². The molecule has 0 aliphatic heterocycles. The smallest absolute Gasteiger partial charge is 0.168 e. The molecular formula is C9H13NO3. The fourth-order valence-electron chi connectivity index (χ4n) is 1.21. The first-order chi connectivity index (χ1) is 6.24. The summed E-state index contributed by atoms with van der Waals surface area (Å²) >= 11 is 0. The topological polar surface area (TPSA) is 64.7 Å². The third kappa shape index (κ3) is 1.67. The largest absolute Gasteiger partial charge is 0.504 e. The Balaban J connectivity index is 3.27. The van der Waals surface area contributed by atoms with Gasteiger partial charge in [0.25, 0.3) is 0 Å². The first-order valence-electron chi connectivity index (χ1n) is 3.87. The lowest BCUT2D eigenvalue weighted by atomic mass is 10.1. The van der Waals surface area contributed by atoms with E-state index in [0.29, 0.717) is 17.1 Å². The summed E-state index contributed by atoms with van der Waals surface area (Å²) in [4.78, 5) is 0. The standard InChI is InChI=1S/C9H13NO3/c1-12-8-4-3-7(11)9(13-2)6(8)5-10/h3-4,11H,5,10H2,1-2H3. The molecule has 1 aromatic rings. The second-order valence-electron chi connectivity index (χ2n) is 2.50. The number of ether oxygens (including phenoxy) is 2. The van der Waals surface area contributed by atoms with Crippen molar-refractivity contribution in [2.45, 2.75) is 6.54 Å². The maximum atomic E-state index is 9.41. The van der Waals surface area contributed by atoms with Crippen LogP contribution in [0.3, 0.4) is 0 Å². The molecule has 0 saturated heterocycles. The minimum atomic E-state index is 0.0729. The third-order valence-corrected chi connectivity index (χ3v) is 1.82. The molecule has 1 rings (SSSR count). The predicted molar refractivity (Wildman–Crippen MR) is 49.1 cm³/mol. The lowest BCUT2D eigenvalue weighted by Gasteiger charge is -2.12. The van der Waals surface area contributed by atoms with Gasteiger partial charge in [-0.25, -0.2) is 0 Å². The van der Waals surface area contributed by atoms with Gasteiger partial charge in [0.1, 0.15) is 5.75 Å². The van der Waals surface area contributed by atoms with Gasteiger partial charge in [-0.05, 0) is 12.1 Å². The van der Waals surface area contributed by atoms with E-state index in [0.717, 1.165) is 0 Å². The molecule has 0 bridgehead atoms. The predicted octanol–water partition coefficient (Wildman–Crippen LogP) is 0.868. The molecule has 72 valence electrons. The van der Waals surface area contributed by atoms with Crippen molar-refractivity contribution in [1.82, 2.24) is 0 Å². The molecule has 0 atom stereocenters. The number of hydrogen-bond donors (Lipinski definition) is 2. The maximum absolute atomic E-state index is 9.41. The zero-order valence-corrected chi connectivity index (χ0v) is 7.70. The Hall–Kier alpha value is -1.42. The molecule has 0 aliphatic rings. The third-order valence-electron chi connectivity index (χ3n) is 1.82. The van der Waals surface area contributed by atoms with Crippen molar-refractivity contribution in [3.8, 4) is 17.2 Å². The Morgan fingerprint density at radius 1 is 1.31 bits per heavy atom. The summed E-state index contributed by atoms with van der Waals surface area (Å²) in [6.45, 7) is 0.265. The van der Waals surface area contributed by atoms with Crippen molar-refractivity contribution in [3.63, 3.8) is 0 Å². The molecule has 3 N–H and O–H groups in total. The van der Waals surface area contributed by atoms with E-state index in [1.165, 1.54) is 13.2 Å². The van der Waals surface area contributed by atoms with Gasteiger partial charge in [-0.3, -0.25) is 0 Å². The zero-order chi connectivity index (χ0) is 9.84. The van der Waals surface area contributed by atoms with Crippen molar-refractivity contribution in [3.05, 3.63) is 17.7 Å². The average molecular weight is 183 g/mol. The Morgan fingerprint density at radius 3 is 2.46 bits per heavy atom. The second-order valence-corrected chi connectivity index (χ2v) is 2.50. The van der Waals surface area contributed by atoms with E-state index >= 15 is 0 Å². The van der Waals surface area contributed by atoms with Crippen LogP contribution in [0.5, 0.6) is 17.2 Å². The first-order valence-corrected chi connectivity index (χ1v) is 3.87. The number of methoxy groups -OCH3 is 2. The molecule has 1 aromatic carbocycles. The van der Waals surface area contributed by atoms with Gasteiger partial charge in [0.2, 0.25) is 0 Å². The molecule has 4 nitrogen and oxygen atoms in total. The highest BCUT2D eigenvalue weighted by atomic mass is 16.5. The number of aromatic hydroxyl groups is 1.